The summed E-state index contributed by atoms with van der Waals surface area (Å²) in [5, 5.41) is 1.37. The molecule has 2 heterocycles. The van der Waals surface area contributed by atoms with Gasteiger partial charge in [-0.1, -0.05) is 0 Å². The Hall–Kier alpha value is 0.620. The molecule has 0 fully saturated rings. The molecule has 11 heavy (non-hydrogen) atoms. The highest BCUT2D eigenvalue weighted by Crippen LogP contribution is 2.41. The van der Waals surface area contributed by atoms with Gasteiger partial charge < -0.3 is 0 Å². The predicted molar refractivity (Wildman–Crippen MR) is 59.8 cm³/mol. The zero-order valence-corrected chi connectivity index (χ0v) is 10.5. The van der Waals surface area contributed by atoms with Gasteiger partial charge in [-0.2, -0.15) is 0 Å². The molecule has 0 aliphatic rings. The molecule has 58 valence electrons. The van der Waals surface area contributed by atoms with E-state index in [4.69, 9.17) is 0 Å². The van der Waals surface area contributed by atoms with Crippen LogP contribution in [0.2, 0.25) is 0 Å². The molecule has 0 nitrogen and oxygen atoms in total. The van der Waals surface area contributed by atoms with Gasteiger partial charge in [0.05, 0.1) is 11.6 Å². The van der Waals surface area contributed by atoms with Crippen LogP contribution in [0.5, 0.6) is 0 Å². The van der Waals surface area contributed by atoms with Crippen LogP contribution in [0.25, 0.3) is 9.40 Å². The molecule has 0 amide bonds. The van der Waals surface area contributed by atoms with E-state index in [9.17, 15) is 0 Å². The number of rotatable bonds is 0. The van der Waals surface area contributed by atoms with Crippen LogP contribution in [-0.4, -0.2) is 0 Å². The van der Waals surface area contributed by atoms with Crippen LogP contribution in [-0.2, 0) is 0 Å². The van der Waals surface area contributed by atoms with Gasteiger partial charge in [0, 0.05) is 5.39 Å². The average molecular weight is 312 g/mol. The van der Waals surface area contributed by atoms with Crippen LogP contribution in [0.3, 0.4) is 0 Å². The van der Waals surface area contributed by atoms with Crippen molar-refractivity contribution in [2.24, 2.45) is 0 Å². The molecular weight excluding hydrogens is 308 g/mol. The van der Waals surface area contributed by atoms with Gasteiger partial charge in [0.15, 0.2) is 0 Å². The Bertz CT molecular complexity index is 400. The van der Waals surface area contributed by atoms with Crippen LogP contribution < -0.4 is 0 Å². The largest absolute Gasteiger partial charge is 0.117 e. The van der Waals surface area contributed by atoms with E-state index in [1.807, 2.05) is 0 Å². The molecule has 0 aromatic carbocycles. The van der Waals surface area contributed by atoms with Gasteiger partial charge in [0.25, 0.3) is 0 Å². The maximum Gasteiger partial charge on any atom is 0.0891 e. The van der Waals surface area contributed by atoms with E-state index >= 15 is 0 Å². The molecule has 0 N–H and O–H groups in total. The SMILES string of the molecule is Cc1c(Br)sc2sc(Br)cc12. The van der Waals surface area contributed by atoms with Crippen molar-refractivity contribution < 1.29 is 0 Å². The zero-order chi connectivity index (χ0) is 8.01. The summed E-state index contributed by atoms with van der Waals surface area (Å²) in [6.45, 7) is 2.14. The first-order valence-corrected chi connectivity index (χ1v) is 6.24. The minimum atomic E-state index is 1.22. The maximum absolute atomic E-state index is 3.52. The summed E-state index contributed by atoms with van der Waals surface area (Å²) >= 11 is 10.6. The number of hydrogen-bond donors (Lipinski definition) is 0. The number of halogens is 2. The second-order valence-electron chi connectivity index (χ2n) is 2.25. The van der Waals surface area contributed by atoms with Gasteiger partial charge in [-0.05, 0) is 50.4 Å². The highest BCUT2D eigenvalue weighted by molar-refractivity contribution is 9.11. The lowest BCUT2D eigenvalue weighted by molar-refractivity contribution is 1.57. The lowest BCUT2D eigenvalue weighted by Gasteiger charge is -1.82. The minimum absolute atomic E-state index is 1.22. The maximum atomic E-state index is 3.52. The number of aryl methyl sites for hydroxylation is 1. The molecule has 2 aromatic heterocycles. The fraction of sp³-hybridized carbons (Fsp3) is 0.143. The molecule has 4 heteroatoms. The molecule has 2 aromatic rings. The van der Waals surface area contributed by atoms with E-state index in [-0.39, 0.29) is 0 Å². The predicted octanol–water partition coefficient (Wildman–Crippen LogP) is 4.80. The molecule has 2 rings (SSSR count). The Morgan fingerprint density at radius 3 is 2.64 bits per heavy atom. The smallest absolute Gasteiger partial charge is 0.0891 e. The van der Waals surface area contributed by atoms with Crippen LogP contribution in [0.4, 0.5) is 0 Å². The van der Waals surface area contributed by atoms with Gasteiger partial charge in [0.2, 0.25) is 0 Å². The van der Waals surface area contributed by atoms with Crippen LogP contribution in [0.15, 0.2) is 13.6 Å². The van der Waals surface area contributed by atoms with E-state index in [0.717, 1.165) is 0 Å². The molecule has 0 saturated carbocycles. The molecule has 0 bridgehead atoms. The van der Waals surface area contributed by atoms with Crippen molar-refractivity contribution in [1.82, 2.24) is 0 Å². The second kappa shape index (κ2) is 2.83. The molecule has 0 saturated heterocycles. The third kappa shape index (κ3) is 1.30. The molecule has 0 radical (unpaired) electrons. The first kappa shape index (κ1) is 8.23. The monoisotopic (exact) mass is 310 g/mol. The zero-order valence-electron chi connectivity index (χ0n) is 5.65. The summed E-state index contributed by atoms with van der Waals surface area (Å²) in [6, 6.07) is 2.18. The fourth-order valence-corrected chi connectivity index (χ4v) is 5.11. The van der Waals surface area contributed by atoms with E-state index < -0.39 is 0 Å². The van der Waals surface area contributed by atoms with Gasteiger partial charge >= 0.3 is 0 Å². The van der Waals surface area contributed by atoms with E-state index in [2.05, 4.69) is 44.8 Å². The molecular formula is C7H4Br2S2. The number of thiophene rings is 2. The number of fused-ring (bicyclic) bond motifs is 1. The summed E-state index contributed by atoms with van der Waals surface area (Å²) < 4.78 is 3.86. The average Bonchev–Trinajstić information content (AvgIpc) is 2.37. The first-order chi connectivity index (χ1) is 5.18. The van der Waals surface area contributed by atoms with Crippen LogP contribution in [0.1, 0.15) is 5.56 Å². The number of hydrogen-bond acceptors (Lipinski definition) is 2. The Labute approximate surface area is 89.5 Å². The lowest BCUT2D eigenvalue weighted by Crippen LogP contribution is -1.61. The second-order valence-corrected chi connectivity index (χ2v) is 7.28. The standard InChI is InChI=1S/C7H4Br2S2/c1-3-4-2-5(8)10-7(4)11-6(3)9/h2H,1H3. The summed E-state index contributed by atoms with van der Waals surface area (Å²) in [7, 11) is 0. The van der Waals surface area contributed by atoms with Gasteiger partial charge in [-0.25, -0.2) is 0 Å². The van der Waals surface area contributed by atoms with Crippen molar-refractivity contribution in [3.05, 3.63) is 19.2 Å². The lowest BCUT2D eigenvalue weighted by atomic mass is 10.3. The summed E-state index contributed by atoms with van der Waals surface area (Å²) in [5.41, 5.74) is 1.35. The van der Waals surface area contributed by atoms with Crippen LogP contribution >= 0.6 is 54.5 Å². The quantitative estimate of drug-likeness (QED) is 0.656. The molecule has 0 spiro atoms. The third-order valence-electron chi connectivity index (χ3n) is 1.55. The highest BCUT2D eigenvalue weighted by Gasteiger charge is 2.08. The van der Waals surface area contributed by atoms with E-state index in [0.29, 0.717) is 0 Å². The topological polar surface area (TPSA) is 0 Å². The molecule has 0 aliphatic heterocycles. The fourth-order valence-electron chi connectivity index (χ4n) is 0.946. The van der Waals surface area contributed by atoms with E-state index in [1.54, 1.807) is 22.7 Å². The summed E-state index contributed by atoms with van der Waals surface area (Å²) in [6.07, 6.45) is 0. The van der Waals surface area contributed by atoms with Crippen molar-refractivity contribution >= 4 is 63.9 Å². The minimum Gasteiger partial charge on any atom is -0.117 e. The van der Waals surface area contributed by atoms with Crippen molar-refractivity contribution in [2.75, 3.05) is 0 Å². The van der Waals surface area contributed by atoms with Gasteiger partial charge in [-0.15, -0.1) is 22.7 Å². The Morgan fingerprint density at radius 2 is 2.00 bits per heavy atom. The Morgan fingerprint density at radius 1 is 1.27 bits per heavy atom. The van der Waals surface area contributed by atoms with Crippen LogP contribution in [0, 0.1) is 6.92 Å². The van der Waals surface area contributed by atoms with E-state index in [1.165, 1.54) is 22.5 Å². The molecule has 0 atom stereocenters. The molecule has 0 unspecified atom stereocenters. The van der Waals surface area contributed by atoms with Crippen molar-refractivity contribution in [3.63, 3.8) is 0 Å². The van der Waals surface area contributed by atoms with Crippen molar-refractivity contribution in [3.8, 4) is 0 Å². The summed E-state index contributed by atoms with van der Waals surface area (Å²) in [4.78, 5) is 0. The summed E-state index contributed by atoms with van der Waals surface area (Å²) in [5.74, 6) is 0. The van der Waals surface area contributed by atoms with Gasteiger partial charge in [0.1, 0.15) is 0 Å². The molecule has 0 aliphatic carbocycles. The van der Waals surface area contributed by atoms with Crippen molar-refractivity contribution in [1.29, 1.82) is 0 Å². The normalized spacial score (nSPS) is 11.2. The highest BCUT2D eigenvalue weighted by atomic mass is 79.9. The Kier molecular flexibility index (Phi) is 2.12. The van der Waals surface area contributed by atoms with Crippen molar-refractivity contribution in [2.45, 2.75) is 6.92 Å². The third-order valence-corrected chi connectivity index (χ3v) is 5.45. The first-order valence-electron chi connectivity index (χ1n) is 3.02. The van der Waals surface area contributed by atoms with Gasteiger partial charge in [-0.3, -0.25) is 0 Å². The Balaban J connectivity index is 2.88.